The molecule has 1 fully saturated rings. The average Bonchev–Trinajstić information content (AvgIpc) is 3.02. The van der Waals surface area contributed by atoms with E-state index in [2.05, 4.69) is 10.6 Å². The molecule has 1 atom stereocenters. The summed E-state index contributed by atoms with van der Waals surface area (Å²) in [5.74, 6) is -0.359. The van der Waals surface area contributed by atoms with Gasteiger partial charge in [-0.25, -0.2) is 0 Å². The number of halogens is 3. The fourth-order valence-electron chi connectivity index (χ4n) is 3.64. The van der Waals surface area contributed by atoms with Gasteiger partial charge in [0.05, 0.1) is 6.42 Å². The Morgan fingerprint density at radius 1 is 1.20 bits per heavy atom. The van der Waals surface area contributed by atoms with Gasteiger partial charge in [-0.3, -0.25) is 9.69 Å². The number of alkyl halides is 3. The first-order valence-corrected chi connectivity index (χ1v) is 8.82. The first kappa shape index (κ1) is 18.2. The van der Waals surface area contributed by atoms with Crippen LogP contribution in [0, 0.1) is 0 Å². The van der Waals surface area contributed by atoms with Crippen molar-refractivity contribution < 1.29 is 18.0 Å². The van der Waals surface area contributed by atoms with Crippen LogP contribution in [0.5, 0.6) is 0 Å². The third-order valence-electron chi connectivity index (χ3n) is 4.99. The normalized spacial score (nSPS) is 19.5. The number of amides is 1. The maximum absolute atomic E-state index is 13.3. The van der Waals surface area contributed by atoms with Gasteiger partial charge in [0, 0.05) is 32.7 Å². The van der Waals surface area contributed by atoms with E-state index in [-0.39, 0.29) is 12.3 Å². The maximum atomic E-state index is 13.3. The second kappa shape index (κ2) is 7.74. The molecule has 1 aliphatic heterocycles. The van der Waals surface area contributed by atoms with Crippen molar-refractivity contribution in [3.05, 3.63) is 34.9 Å². The second-order valence-corrected chi connectivity index (χ2v) is 6.78. The van der Waals surface area contributed by atoms with Crippen LogP contribution in [0.1, 0.15) is 23.1 Å². The van der Waals surface area contributed by atoms with Crippen LogP contribution in [0.25, 0.3) is 0 Å². The Morgan fingerprint density at radius 2 is 1.92 bits per heavy atom. The molecule has 138 valence electrons. The SMILES string of the molecule is O=C(Cc1ccc2c(c1)CCC2)NCC(N1CCNCC1)C(F)(F)F. The van der Waals surface area contributed by atoms with Crippen molar-refractivity contribution in [2.75, 3.05) is 32.7 Å². The number of benzene rings is 1. The van der Waals surface area contributed by atoms with E-state index in [1.165, 1.54) is 16.0 Å². The third-order valence-corrected chi connectivity index (χ3v) is 4.99. The molecule has 1 aromatic carbocycles. The lowest BCUT2D eigenvalue weighted by molar-refractivity contribution is -0.184. The molecule has 1 saturated heterocycles. The molecular formula is C18H24F3N3O. The van der Waals surface area contributed by atoms with Gasteiger partial charge in [0.25, 0.3) is 0 Å². The summed E-state index contributed by atoms with van der Waals surface area (Å²) in [6.45, 7) is 1.36. The standard InChI is InChI=1S/C18H24F3N3O/c19-18(20,21)16(24-8-6-22-7-9-24)12-23-17(25)11-13-4-5-14-2-1-3-15(14)10-13/h4-5,10,16,22H,1-3,6-9,11-12H2,(H,23,25). The summed E-state index contributed by atoms with van der Waals surface area (Å²) in [5, 5.41) is 5.52. The number of hydrogen-bond donors (Lipinski definition) is 2. The van der Waals surface area contributed by atoms with Crippen molar-refractivity contribution in [1.82, 2.24) is 15.5 Å². The molecule has 25 heavy (non-hydrogen) atoms. The number of carbonyl (C=O) groups is 1. The largest absolute Gasteiger partial charge is 0.405 e. The van der Waals surface area contributed by atoms with Crippen LogP contribution in [-0.2, 0) is 24.1 Å². The number of carbonyl (C=O) groups excluding carboxylic acids is 1. The number of piperazine rings is 1. The number of nitrogens with one attached hydrogen (secondary N) is 2. The topological polar surface area (TPSA) is 44.4 Å². The Morgan fingerprint density at radius 3 is 2.64 bits per heavy atom. The van der Waals surface area contributed by atoms with Crippen molar-refractivity contribution in [2.24, 2.45) is 0 Å². The summed E-state index contributed by atoms with van der Waals surface area (Å²) in [6.07, 6.45) is -1.01. The quantitative estimate of drug-likeness (QED) is 0.845. The summed E-state index contributed by atoms with van der Waals surface area (Å²) in [7, 11) is 0. The first-order chi connectivity index (χ1) is 11.9. The van der Waals surface area contributed by atoms with Gasteiger partial charge < -0.3 is 10.6 Å². The minimum Gasteiger partial charge on any atom is -0.354 e. The van der Waals surface area contributed by atoms with Gasteiger partial charge in [-0.2, -0.15) is 13.2 Å². The highest BCUT2D eigenvalue weighted by Gasteiger charge is 2.43. The average molecular weight is 355 g/mol. The zero-order valence-electron chi connectivity index (χ0n) is 14.2. The van der Waals surface area contributed by atoms with Crippen molar-refractivity contribution in [2.45, 2.75) is 37.9 Å². The number of aryl methyl sites for hydroxylation is 2. The van der Waals surface area contributed by atoms with Crippen LogP contribution >= 0.6 is 0 Å². The van der Waals surface area contributed by atoms with E-state index in [1.54, 1.807) is 0 Å². The Labute approximate surface area is 145 Å². The van der Waals surface area contributed by atoms with Crippen molar-refractivity contribution >= 4 is 5.91 Å². The third kappa shape index (κ3) is 4.73. The predicted molar refractivity (Wildman–Crippen MR) is 89.5 cm³/mol. The van der Waals surface area contributed by atoms with Crippen LogP contribution in [0.4, 0.5) is 13.2 Å². The van der Waals surface area contributed by atoms with Crippen LogP contribution in [0.3, 0.4) is 0 Å². The van der Waals surface area contributed by atoms with Crippen molar-refractivity contribution in [1.29, 1.82) is 0 Å². The summed E-state index contributed by atoms with van der Waals surface area (Å²) in [6, 6.07) is 4.32. The Bertz CT molecular complexity index is 612. The van der Waals surface area contributed by atoms with Crippen LogP contribution in [0.2, 0.25) is 0 Å². The smallest absolute Gasteiger partial charge is 0.354 e. The highest BCUT2D eigenvalue weighted by atomic mass is 19.4. The fourth-order valence-corrected chi connectivity index (χ4v) is 3.64. The van der Waals surface area contributed by atoms with E-state index >= 15 is 0 Å². The lowest BCUT2D eigenvalue weighted by Gasteiger charge is -2.35. The minimum atomic E-state index is -4.35. The van der Waals surface area contributed by atoms with E-state index in [4.69, 9.17) is 0 Å². The molecule has 1 unspecified atom stereocenters. The summed E-state index contributed by atoms with van der Waals surface area (Å²) >= 11 is 0. The lowest BCUT2D eigenvalue weighted by Crippen LogP contribution is -2.57. The number of nitrogens with zero attached hydrogens (tertiary/aromatic N) is 1. The number of hydrogen-bond acceptors (Lipinski definition) is 3. The Hall–Kier alpha value is -1.60. The summed E-state index contributed by atoms with van der Waals surface area (Å²) in [4.78, 5) is 13.5. The maximum Gasteiger partial charge on any atom is 0.405 e. The molecule has 3 rings (SSSR count). The molecule has 2 N–H and O–H groups in total. The molecule has 0 radical (unpaired) electrons. The van der Waals surface area contributed by atoms with E-state index < -0.39 is 18.8 Å². The van der Waals surface area contributed by atoms with E-state index in [9.17, 15) is 18.0 Å². The monoisotopic (exact) mass is 355 g/mol. The van der Waals surface area contributed by atoms with E-state index in [0.29, 0.717) is 26.2 Å². The van der Waals surface area contributed by atoms with Gasteiger partial charge in [0.15, 0.2) is 0 Å². The van der Waals surface area contributed by atoms with Gasteiger partial charge >= 0.3 is 6.18 Å². The molecule has 1 aliphatic carbocycles. The molecule has 0 bridgehead atoms. The highest BCUT2D eigenvalue weighted by Crippen LogP contribution is 2.25. The van der Waals surface area contributed by atoms with Crippen molar-refractivity contribution in [3.63, 3.8) is 0 Å². The molecule has 7 heteroatoms. The van der Waals surface area contributed by atoms with Crippen LogP contribution in [0.15, 0.2) is 18.2 Å². The van der Waals surface area contributed by atoms with Gasteiger partial charge in [-0.15, -0.1) is 0 Å². The number of fused-ring (bicyclic) bond motifs is 1. The zero-order valence-corrected chi connectivity index (χ0v) is 14.2. The molecule has 0 spiro atoms. The van der Waals surface area contributed by atoms with Gasteiger partial charge in [-0.05, 0) is 36.0 Å². The molecule has 1 heterocycles. The summed E-state index contributed by atoms with van der Waals surface area (Å²) in [5.41, 5.74) is 3.45. The first-order valence-electron chi connectivity index (χ1n) is 8.82. The summed E-state index contributed by atoms with van der Waals surface area (Å²) < 4.78 is 40.0. The number of rotatable bonds is 5. The van der Waals surface area contributed by atoms with E-state index in [1.807, 2.05) is 18.2 Å². The minimum absolute atomic E-state index is 0.124. The van der Waals surface area contributed by atoms with Gasteiger partial charge in [0.1, 0.15) is 6.04 Å². The fraction of sp³-hybridized carbons (Fsp3) is 0.611. The molecular weight excluding hydrogens is 331 g/mol. The van der Waals surface area contributed by atoms with Crippen LogP contribution in [-0.4, -0.2) is 55.7 Å². The second-order valence-electron chi connectivity index (χ2n) is 6.78. The Kier molecular flexibility index (Phi) is 5.64. The molecule has 0 aromatic heterocycles. The molecule has 1 aromatic rings. The zero-order chi connectivity index (χ0) is 17.9. The highest BCUT2D eigenvalue weighted by molar-refractivity contribution is 5.78. The molecule has 4 nitrogen and oxygen atoms in total. The van der Waals surface area contributed by atoms with Crippen LogP contribution < -0.4 is 10.6 Å². The van der Waals surface area contributed by atoms with Gasteiger partial charge in [-0.1, -0.05) is 18.2 Å². The van der Waals surface area contributed by atoms with Crippen molar-refractivity contribution in [3.8, 4) is 0 Å². The Balaban J connectivity index is 1.56. The lowest BCUT2D eigenvalue weighted by atomic mass is 10.0. The molecule has 1 amide bonds. The molecule has 2 aliphatic rings. The predicted octanol–water partition coefficient (Wildman–Crippen LogP) is 1.67. The molecule has 0 saturated carbocycles. The van der Waals surface area contributed by atoms with E-state index in [0.717, 1.165) is 24.8 Å². The van der Waals surface area contributed by atoms with Gasteiger partial charge in [0.2, 0.25) is 5.91 Å².